The molecular formula is C16H11N5O9. The molecule has 0 fully saturated rings. The fraction of sp³-hybridized carbons (Fsp3) is 0.125. The summed E-state index contributed by atoms with van der Waals surface area (Å²) in [4.78, 5) is 42.4. The van der Waals surface area contributed by atoms with Crippen molar-refractivity contribution < 1.29 is 29.0 Å². The van der Waals surface area contributed by atoms with Gasteiger partial charge in [0.1, 0.15) is 6.61 Å². The predicted octanol–water partition coefficient (Wildman–Crippen LogP) is 1.70. The third-order valence-electron chi connectivity index (χ3n) is 3.89. The molecule has 1 heterocycles. The molecule has 0 saturated carbocycles. The van der Waals surface area contributed by atoms with Crippen molar-refractivity contribution in [2.45, 2.75) is 6.10 Å². The standard InChI is InChI=1S/C16H11N5O9/c22-16(15-8-29-13-3-1-2-4-14(13)30-15)18-17-7-10-11(20(25)26)5-9(19(23)24)6-12(10)21(27)28/h1-7,15H,8H2,(H,18,22). The van der Waals surface area contributed by atoms with Crippen molar-refractivity contribution >= 4 is 29.2 Å². The van der Waals surface area contributed by atoms with E-state index in [1.807, 2.05) is 5.43 Å². The van der Waals surface area contributed by atoms with Crippen LogP contribution < -0.4 is 14.9 Å². The van der Waals surface area contributed by atoms with E-state index in [2.05, 4.69) is 5.10 Å². The van der Waals surface area contributed by atoms with E-state index in [0.29, 0.717) is 29.8 Å². The van der Waals surface area contributed by atoms with Crippen molar-refractivity contribution in [3.05, 3.63) is 72.3 Å². The van der Waals surface area contributed by atoms with E-state index in [9.17, 15) is 35.1 Å². The highest BCUT2D eigenvalue weighted by Gasteiger charge is 2.30. The predicted molar refractivity (Wildman–Crippen MR) is 98.5 cm³/mol. The minimum Gasteiger partial charge on any atom is -0.485 e. The Bertz CT molecular complexity index is 1050. The largest absolute Gasteiger partial charge is 0.485 e. The van der Waals surface area contributed by atoms with Gasteiger partial charge in [0, 0.05) is 0 Å². The van der Waals surface area contributed by atoms with Crippen LogP contribution in [0.15, 0.2) is 41.5 Å². The molecule has 30 heavy (non-hydrogen) atoms. The Kier molecular flexibility index (Phi) is 5.48. The maximum Gasteiger partial charge on any atom is 0.292 e. The third-order valence-corrected chi connectivity index (χ3v) is 3.89. The topological polar surface area (TPSA) is 189 Å². The van der Waals surface area contributed by atoms with E-state index < -0.39 is 49.4 Å². The second kappa shape index (κ2) is 8.17. The number of nitrogens with one attached hydrogen (secondary N) is 1. The zero-order chi connectivity index (χ0) is 21.8. The number of rotatable bonds is 6. The fourth-order valence-corrected chi connectivity index (χ4v) is 2.53. The summed E-state index contributed by atoms with van der Waals surface area (Å²) < 4.78 is 10.8. The number of hydrazone groups is 1. The van der Waals surface area contributed by atoms with Crippen molar-refractivity contribution in [1.29, 1.82) is 0 Å². The first-order valence-corrected chi connectivity index (χ1v) is 8.10. The van der Waals surface area contributed by atoms with E-state index in [-0.39, 0.29) is 6.61 Å². The van der Waals surface area contributed by atoms with Gasteiger partial charge in [-0.05, 0) is 12.1 Å². The molecule has 2 aromatic carbocycles. The Hall–Kier alpha value is -4.62. The Morgan fingerprint density at radius 2 is 1.63 bits per heavy atom. The number of hydrogen-bond acceptors (Lipinski definition) is 10. The zero-order valence-electron chi connectivity index (χ0n) is 14.8. The highest BCUT2D eigenvalue weighted by molar-refractivity contribution is 5.93. The van der Waals surface area contributed by atoms with E-state index in [0.717, 1.165) is 0 Å². The second-order valence-corrected chi connectivity index (χ2v) is 5.77. The maximum absolute atomic E-state index is 12.2. The Balaban J connectivity index is 1.82. The Labute approximate surface area is 166 Å². The monoisotopic (exact) mass is 417 g/mol. The van der Waals surface area contributed by atoms with Crippen LogP contribution in [-0.4, -0.2) is 39.6 Å². The van der Waals surface area contributed by atoms with Crippen molar-refractivity contribution in [1.82, 2.24) is 5.43 Å². The summed E-state index contributed by atoms with van der Waals surface area (Å²) in [7, 11) is 0. The molecule has 14 heteroatoms. The Morgan fingerprint density at radius 3 is 2.20 bits per heavy atom. The first-order valence-electron chi connectivity index (χ1n) is 8.10. The van der Waals surface area contributed by atoms with Gasteiger partial charge in [0.05, 0.1) is 33.1 Å². The average Bonchev–Trinajstić information content (AvgIpc) is 2.72. The van der Waals surface area contributed by atoms with Crippen LogP contribution in [0, 0.1) is 30.3 Å². The summed E-state index contributed by atoms with van der Waals surface area (Å²) in [6, 6.07) is 7.75. The first kappa shape index (κ1) is 20.1. The van der Waals surface area contributed by atoms with Crippen LogP contribution in [0.4, 0.5) is 17.1 Å². The second-order valence-electron chi connectivity index (χ2n) is 5.77. The van der Waals surface area contributed by atoms with Gasteiger partial charge in [-0.3, -0.25) is 35.1 Å². The van der Waals surface area contributed by atoms with Crippen LogP contribution in [0.5, 0.6) is 11.5 Å². The van der Waals surface area contributed by atoms with E-state index >= 15 is 0 Å². The van der Waals surface area contributed by atoms with Crippen molar-refractivity contribution in [3.8, 4) is 11.5 Å². The fourth-order valence-electron chi connectivity index (χ4n) is 2.53. The lowest BCUT2D eigenvalue weighted by Gasteiger charge is -2.24. The van der Waals surface area contributed by atoms with Gasteiger partial charge in [0.15, 0.2) is 17.1 Å². The molecule has 1 aliphatic rings. The molecule has 0 bridgehead atoms. The number of ether oxygens (including phenoxy) is 2. The molecule has 14 nitrogen and oxygen atoms in total. The van der Waals surface area contributed by atoms with Gasteiger partial charge < -0.3 is 9.47 Å². The van der Waals surface area contributed by atoms with Gasteiger partial charge in [-0.2, -0.15) is 5.10 Å². The summed E-state index contributed by atoms with van der Waals surface area (Å²) in [5, 5.41) is 36.8. The maximum atomic E-state index is 12.2. The van der Waals surface area contributed by atoms with Gasteiger partial charge >= 0.3 is 0 Å². The van der Waals surface area contributed by atoms with Gasteiger partial charge in [0.2, 0.25) is 6.10 Å². The SMILES string of the molecule is O=C(NN=Cc1c([N+](=O)[O-])cc([N+](=O)[O-])cc1[N+](=O)[O-])C1COc2ccccc2O1. The summed E-state index contributed by atoms with van der Waals surface area (Å²) >= 11 is 0. The van der Waals surface area contributed by atoms with Crippen LogP contribution in [-0.2, 0) is 4.79 Å². The summed E-state index contributed by atoms with van der Waals surface area (Å²) in [5.41, 5.74) is -1.24. The molecule has 0 aliphatic carbocycles. The van der Waals surface area contributed by atoms with E-state index in [4.69, 9.17) is 9.47 Å². The number of nitro groups is 3. The number of nitro benzene ring substituents is 3. The molecule has 2 aromatic rings. The van der Waals surface area contributed by atoms with Gasteiger partial charge in [-0.15, -0.1) is 0 Å². The number of hydrogen-bond donors (Lipinski definition) is 1. The zero-order valence-corrected chi connectivity index (χ0v) is 14.8. The van der Waals surface area contributed by atoms with Gasteiger partial charge in [0.25, 0.3) is 23.0 Å². The number of nitrogens with zero attached hydrogens (tertiary/aromatic N) is 4. The van der Waals surface area contributed by atoms with Crippen molar-refractivity contribution in [2.24, 2.45) is 5.10 Å². The third kappa shape index (κ3) is 4.11. The number of amides is 1. The molecule has 1 aliphatic heterocycles. The summed E-state index contributed by atoms with van der Waals surface area (Å²) in [6.45, 7) is -0.129. The number of carbonyl (C=O) groups excluding carboxylic acids is 1. The van der Waals surface area contributed by atoms with Crippen LogP contribution in [0.25, 0.3) is 0 Å². The number of non-ortho nitro benzene ring substituents is 1. The summed E-state index contributed by atoms with van der Waals surface area (Å²) in [6.07, 6.45) is -0.422. The molecule has 0 saturated heterocycles. The number of carbonyl (C=O) groups is 1. The van der Waals surface area contributed by atoms with Crippen molar-refractivity contribution in [3.63, 3.8) is 0 Å². The van der Waals surface area contributed by atoms with E-state index in [1.54, 1.807) is 24.3 Å². The molecular weight excluding hydrogens is 406 g/mol. The van der Waals surface area contributed by atoms with Crippen LogP contribution in [0.2, 0.25) is 0 Å². The molecule has 1 unspecified atom stereocenters. The molecule has 0 radical (unpaired) electrons. The molecule has 1 N–H and O–H groups in total. The molecule has 0 spiro atoms. The number of fused-ring (bicyclic) bond motifs is 1. The lowest BCUT2D eigenvalue weighted by atomic mass is 10.1. The molecule has 3 rings (SSSR count). The minimum atomic E-state index is -1.08. The first-order chi connectivity index (χ1) is 14.3. The normalized spacial score (nSPS) is 14.9. The summed E-state index contributed by atoms with van der Waals surface area (Å²) in [5.74, 6) is 0.00433. The number of para-hydroxylation sites is 2. The highest BCUT2D eigenvalue weighted by Crippen LogP contribution is 2.33. The molecule has 1 atom stereocenters. The van der Waals surface area contributed by atoms with Crippen LogP contribution in [0.1, 0.15) is 5.56 Å². The lowest BCUT2D eigenvalue weighted by Crippen LogP contribution is -2.42. The molecule has 1 amide bonds. The average molecular weight is 417 g/mol. The number of benzene rings is 2. The minimum absolute atomic E-state index is 0.129. The molecule has 154 valence electrons. The smallest absolute Gasteiger partial charge is 0.292 e. The van der Waals surface area contributed by atoms with Crippen LogP contribution in [0.3, 0.4) is 0 Å². The van der Waals surface area contributed by atoms with E-state index in [1.165, 1.54) is 0 Å². The lowest BCUT2D eigenvalue weighted by molar-refractivity contribution is -0.403. The van der Waals surface area contributed by atoms with Gasteiger partial charge in [-0.1, -0.05) is 12.1 Å². The quantitative estimate of drug-likeness (QED) is 0.414. The van der Waals surface area contributed by atoms with Gasteiger partial charge in [-0.25, -0.2) is 5.43 Å². The van der Waals surface area contributed by atoms with Crippen LogP contribution >= 0.6 is 0 Å². The van der Waals surface area contributed by atoms with Crippen molar-refractivity contribution in [2.75, 3.05) is 6.61 Å². The highest BCUT2D eigenvalue weighted by atomic mass is 16.6. The molecule has 0 aromatic heterocycles. The Morgan fingerprint density at radius 1 is 1.03 bits per heavy atom.